The molecule has 0 saturated carbocycles. The molecule has 0 unspecified atom stereocenters. The maximum atomic E-state index is 13.1. The van der Waals surface area contributed by atoms with Crippen molar-refractivity contribution in [2.75, 3.05) is 13.1 Å². The van der Waals surface area contributed by atoms with Crippen molar-refractivity contribution in [3.63, 3.8) is 0 Å². The predicted molar refractivity (Wildman–Crippen MR) is 99.9 cm³/mol. The van der Waals surface area contributed by atoms with Crippen molar-refractivity contribution >= 4 is 5.91 Å². The number of hydrogen-bond donors (Lipinski definition) is 2. The molecule has 2 aromatic heterocycles. The number of amides is 1. The summed E-state index contributed by atoms with van der Waals surface area (Å²) in [6.07, 6.45) is 8.58. The minimum Gasteiger partial charge on any atom is -0.338 e. The largest absolute Gasteiger partial charge is 0.338 e. The lowest BCUT2D eigenvalue weighted by atomic mass is 9.91. The van der Waals surface area contributed by atoms with Gasteiger partial charge in [-0.2, -0.15) is 10.2 Å². The third-order valence-corrected chi connectivity index (χ3v) is 5.19. The average Bonchev–Trinajstić information content (AvgIpc) is 3.39. The second-order valence-electron chi connectivity index (χ2n) is 6.82. The summed E-state index contributed by atoms with van der Waals surface area (Å²) in [5.41, 5.74) is 5.16. The number of carbonyl (C=O) groups excluding carboxylic acids is 1. The molecular formula is C20H23N5O. The molecule has 6 heteroatoms. The molecule has 1 amide bonds. The minimum absolute atomic E-state index is 0.0950. The van der Waals surface area contributed by atoms with Crippen LogP contribution < -0.4 is 0 Å². The Morgan fingerprint density at radius 3 is 3.00 bits per heavy atom. The van der Waals surface area contributed by atoms with Crippen LogP contribution in [0.5, 0.6) is 0 Å². The van der Waals surface area contributed by atoms with E-state index < -0.39 is 0 Å². The van der Waals surface area contributed by atoms with Crippen molar-refractivity contribution in [1.29, 1.82) is 0 Å². The number of aromatic amines is 2. The first-order valence-corrected chi connectivity index (χ1v) is 9.17. The van der Waals surface area contributed by atoms with Crippen LogP contribution in [0.4, 0.5) is 0 Å². The summed E-state index contributed by atoms with van der Waals surface area (Å²) in [5, 5.41) is 14.2. The van der Waals surface area contributed by atoms with E-state index >= 15 is 0 Å². The fourth-order valence-corrected chi connectivity index (χ4v) is 3.78. The Labute approximate surface area is 152 Å². The summed E-state index contributed by atoms with van der Waals surface area (Å²) in [6, 6.07) is 7.77. The van der Waals surface area contributed by atoms with Crippen molar-refractivity contribution in [1.82, 2.24) is 25.3 Å². The Balaban J connectivity index is 1.54. The highest BCUT2D eigenvalue weighted by atomic mass is 16.2. The number of aromatic nitrogens is 4. The highest BCUT2D eigenvalue weighted by molar-refractivity contribution is 5.95. The first-order chi connectivity index (χ1) is 12.8. The van der Waals surface area contributed by atoms with Crippen LogP contribution >= 0.6 is 0 Å². The summed E-state index contributed by atoms with van der Waals surface area (Å²) in [4.78, 5) is 15.0. The van der Waals surface area contributed by atoms with Gasteiger partial charge < -0.3 is 4.90 Å². The average molecular weight is 349 g/mol. The molecule has 1 aromatic carbocycles. The molecular weight excluding hydrogens is 326 g/mol. The van der Waals surface area contributed by atoms with Gasteiger partial charge in [-0.05, 0) is 42.5 Å². The van der Waals surface area contributed by atoms with Crippen molar-refractivity contribution in [3.05, 3.63) is 59.7 Å². The van der Waals surface area contributed by atoms with Crippen LogP contribution in [0.15, 0.2) is 42.9 Å². The highest BCUT2D eigenvalue weighted by Gasteiger charge is 2.27. The zero-order chi connectivity index (χ0) is 17.9. The number of hydrogen-bond acceptors (Lipinski definition) is 3. The van der Waals surface area contributed by atoms with Crippen LogP contribution in [-0.2, 0) is 6.42 Å². The summed E-state index contributed by atoms with van der Waals surface area (Å²) in [7, 11) is 0. The molecule has 1 aliphatic heterocycles. The normalized spacial score (nSPS) is 17.4. The van der Waals surface area contributed by atoms with E-state index in [1.807, 2.05) is 41.6 Å². The van der Waals surface area contributed by atoms with Gasteiger partial charge in [0.15, 0.2) is 0 Å². The lowest BCUT2D eigenvalue weighted by molar-refractivity contribution is 0.0705. The molecule has 0 bridgehead atoms. The lowest BCUT2D eigenvalue weighted by Crippen LogP contribution is -2.39. The van der Waals surface area contributed by atoms with Gasteiger partial charge in [-0.25, -0.2) is 0 Å². The smallest absolute Gasteiger partial charge is 0.253 e. The molecule has 2 N–H and O–H groups in total. The summed E-state index contributed by atoms with van der Waals surface area (Å²) in [6.45, 7) is 3.69. The Bertz CT molecular complexity index is 883. The van der Waals surface area contributed by atoms with Crippen LogP contribution in [0.2, 0.25) is 0 Å². The Morgan fingerprint density at radius 1 is 1.27 bits per heavy atom. The summed E-state index contributed by atoms with van der Waals surface area (Å²) < 4.78 is 0. The number of carbonyl (C=O) groups is 1. The van der Waals surface area contributed by atoms with Gasteiger partial charge in [0.05, 0.1) is 12.4 Å². The fourth-order valence-electron chi connectivity index (χ4n) is 3.78. The SMILES string of the molecule is CCc1cn[nH]c1[C@H]1CCCN(C(=O)c2cccc(-c3cn[nH]c3)c2)C1. The molecule has 1 fully saturated rings. The van der Waals surface area contributed by atoms with E-state index in [1.165, 1.54) is 11.3 Å². The van der Waals surface area contributed by atoms with Gasteiger partial charge in [-0.1, -0.05) is 19.1 Å². The fraction of sp³-hybridized carbons (Fsp3) is 0.350. The number of piperidine rings is 1. The van der Waals surface area contributed by atoms with Gasteiger partial charge in [0.25, 0.3) is 5.91 Å². The summed E-state index contributed by atoms with van der Waals surface area (Å²) >= 11 is 0. The van der Waals surface area contributed by atoms with E-state index in [2.05, 4.69) is 27.3 Å². The maximum Gasteiger partial charge on any atom is 0.253 e. The van der Waals surface area contributed by atoms with E-state index in [9.17, 15) is 4.79 Å². The van der Waals surface area contributed by atoms with Gasteiger partial charge in [0.1, 0.15) is 0 Å². The van der Waals surface area contributed by atoms with Gasteiger partial charge in [-0.3, -0.25) is 15.0 Å². The van der Waals surface area contributed by atoms with E-state index in [1.54, 1.807) is 6.20 Å². The number of nitrogens with one attached hydrogen (secondary N) is 2. The zero-order valence-electron chi connectivity index (χ0n) is 14.9. The molecule has 4 rings (SSSR count). The second-order valence-corrected chi connectivity index (χ2v) is 6.82. The molecule has 3 aromatic rings. The van der Waals surface area contributed by atoms with E-state index in [4.69, 9.17) is 0 Å². The van der Waals surface area contributed by atoms with Gasteiger partial charge in [0, 0.05) is 42.0 Å². The third-order valence-electron chi connectivity index (χ3n) is 5.19. The zero-order valence-corrected chi connectivity index (χ0v) is 14.9. The molecule has 3 heterocycles. The van der Waals surface area contributed by atoms with Crippen LogP contribution in [-0.4, -0.2) is 44.3 Å². The number of benzene rings is 1. The number of H-pyrrole nitrogens is 2. The van der Waals surface area contributed by atoms with Gasteiger partial charge in [0.2, 0.25) is 0 Å². The van der Waals surface area contributed by atoms with E-state index in [-0.39, 0.29) is 5.91 Å². The van der Waals surface area contributed by atoms with Crippen molar-refractivity contribution in [3.8, 4) is 11.1 Å². The molecule has 6 nitrogen and oxygen atoms in total. The Morgan fingerprint density at radius 2 is 2.19 bits per heavy atom. The van der Waals surface area contributed by atoms with Crippen LogP contribution in [0, 0.1) is 0 Å². The van der Waals surface area contributed by atoms with Gasteiger partial charge in [-0.15, -0.1) is 0 Å². The molecule has 134 valence electrons. The van der Waals surface area contributed by atoms with Crippen LogP contribution in [0.25, 0.3) is 11.1 Å². The maximum absolute atomic E-state index is 13.1. The Hall–Kier alpha value is -2.89. The predicted octanol–water partition coefficient (Wildman–Crippen LogP) is 3.38. The van der Waals surface area contributed by atoms with Crippen molar-refractivity contribution < 1.29 is 4.79 Å². The molecule has 1 atom stereocenters. The van der Waals surface area contributed by atoms with Crippen molar-refractivity contribution in [2.24, 2.45) is 0 Å². The molecule has 0 spiro atoms. The Kier molecular flexibility index (Phi) is 4.56. The topological polar surface area (TPSA) is 77.7 Å². The van der Waals surface area contributed by atoms with Crippen LogP contribution in [0.1, 0.15) is 47.3 Å². The first-order valence-electron chi connectivity index (χ1n) is 9.17. The van der Waals surface area contributed by atoms with E-state index in [0.717, 1.165) is 49.0 Å². The molecule has 0 radical (unpaired) electrons. The number of aryl methyl sites for hydroxylation is 1. The van der Waals surface area contributed by atoms with Crippen LogP contribution in [0.3, 0.4) is 0 Å². The highest BCUT2D eigenvalue weighted by Crippen LogP contribution is 2.29. The number of nitrogens with zero attached hydrogens (tertiary/aromatic N) is 3. The van der Waals surface area contributed by atoms with Crippen molar-refractivity contribution in [2.45, 2.75) is 32.1 Å². The molecule has 1 saturated heterocycles. The quantitative estimate of drug-likeness (QED) is 0.758. The van der Waals surface area contributed by atoms with E-state index in [0.29, 0.717) is 5.92 Å². The lowest BCUT2D eigenvalue weighted by Gasteiger charge is -2.33. The number of rotatable bonds is 4. The molecule has 0 aliphatic carbocycles. The standard InChI is InChI=1S/C20H23N5O/c1-2-14-10-23-24-19(14)17-7-4-8-25(13-17)20(26)16-6-3-5-15(9-16)18-11-21-22-12-18/h3,5-6,9-12,17H,2,4,7-8,13H2,1H3,(H,21,22)(H,23,24)/t17-/m0/s1. The minimum atomic E-state index is 0.0950. The number of likely N-dealkylation sites (tertiary alicyclic amines) is 1. The third kappa shape index (κ3) is 3.14. The molecule has 1 aliphatic rings. The molecule has 26 heavy (non-hydrogen) atoms. The first kappa shape index (κ1) is 16.6. The second kappa shape index (κ2) is 7.15. The monoisotopic (exact) mass is 349 g/mol. The van der Waals surface area contributed by atoms with Gasteiger partial charge >= 0.3 is 0 Å². The summed E-state index contributed by atoms with van der Waals surface area (Å²) in [5.74, 6) is 0.430.